The van der Waals surface area contributed by atoms with E-state index in [1.165, 1.54) is 4.90 Å². The predicted octanol–water partition coefficient (Wildman–Crippen LogP) is 3.38. The van der Waals surface area contributed by atoms with Crippen LogP contribution in [0.25, 0.3) is 0 Å². The second kappa shape index (κ2) is 12.0. The minimum Gasteiger partial charge on any atom is -0.354 e. The normalized spacial score (nSPS) is 26.4. The Labute approximate surface area is 257 Å². The Bertz CT molecular complexity index is 1500. The molecule has 3 fully saturated rings. The third-order valence-corrected chi connectivity index (χ3v) is 9.77. The molecule has 10 nitrogen and oxygen atoms in total. The van der Waals surface area contributed by atoms with E-state index in [-0.39, 0.29) is 31.3 Å². The number of carbonyl (C=O) groups is 5. The van der Waals surface area contributed by atoms with E-state index in [1.807, 2.05) is 37.3 Å². The van der Waals surface area contributed by atoms with Crippen LogP contribution in [0.2, 0.25) is 0 Å². The summed E-state index contributed by atoms with van der Waals surface area (Å²) >= 11 is 0. The van der Waals surface area contributed by atoms with Crippen LogP contribution < -0.4 is 10.6 Å². The van der Waals surface area contributed by atoms with Crippen molar-refractivity contribution in [1.29, 1.82) is 0 Å². The molecule has 10 heteroatoms. The summed E-state index contributed by atoms with van der Waals surface area (Å²) in [5.41, 5.74) is 0.727. The molecule has 2 aliphatic heterocycles. The van der Waals surface area contributed by atoms with E-state index in [1.54, 1.807) is 31.3 Å². The van der Waals surface area contributed by atoms with E-state index < -0.39 is 41.1 Å². The first-order chi connectivity index (χ1) is 21.3. The number of amides is 6. The van der Waals surface area contributed by atoms with Crippen molar-refractivity contribution >= 4 is 29.7 Å². The molecule has 230 valence electrons. The Morgan fingerprint density at radius 3 is 2.36 bits per heavy atom. The summed E-state index contributed by atoms with van der Waals surface area (Å²) in [5, 5.41) is 5.94. The number of hydrogen-bond acceptors (Lipinski definition) is 6. The third kappa shape index (κ3) is 5.00. The van der Waals surface area contributed by atoms with Crippen LogP contribution in [-0.2, 0) is 32.1 Å². The summed E-state index contributed by atoms with van der Waals surface area (Å²) in [6, 6.07) is 13.9. The van der Waals surface area contributed by atoms with Crippen LogP contribution >= 0.6 is 0 Å². The molecule has 2 aliphatic carbocycles. The smallest absolute Gasteiger partial charge is 0.325 e. The predicted molar refractivity (Wildman–Crippen MR) is 161 cm³/mol. The van der Waals surface area contributed by atoms with Gasteiger partial charge in [0, 0.05) is 37.2 Å². The molecule has 4 atom stereocenters. The maximum absolute atomic E-state index is 14.8. The van der Waals surface area contributed by atoms with Crippen molar-refractivity contribution in [2.75, 3.05) is 13.1 Å². The number of nitrogens with one attached hydrogen (secondary N) is 2. The van der Waals surface area contributed by atoms with Gasteiger partial charge in [-0.3, -0.25) is 29.1 Å². The molecule has 1 aromatic carbocycles. The van der Waals surface area contributed by atoms with Crippen LogP contribution in [0, 0.1) is 23.7 Å². The summed E-state index contributed by atoms with van der Waals surface area (Å²) in [6.45, 7) is 4.31. The molecule has 44 heavy (non-hydrogen) atoms. The first-order valence-electron chi connectivity index (χ1n) is 15.7. The standard InChI is InChI=1S/C34H39N5O5/c1-3-24-25-15-16-26-27(31(42)38(4-2)29(26)40)28(25)34(18-21-10-6-5-7-11-21,32(43)36-19-22-13-14-22)39(30(24)41)33(44)37-20-23-12-8-9-17-35-23/h5-12,17,22,26-28H,3-4,13-16,18-20H2,1-2H3,(H,36,43)(H,37,44)/t26-,27-,28+,34+/m1/s1. The molecule has 0 spiro atoms. The molecule has 2 N–H and O–H groups in total. The summed E-state index contributed by atoms with van der Waals surface area (Å²) in [7, 11) is 0. The van der Waals surface area contributed by atoms with Crippen molar-refractivity contribution in [3.63, 3.8) is 0 Å². The van der Waals surface area contributed by atoms with Crippen molar-refractivity contribution in [2.45, 2.75) is 64.5 Å². The topological polar surface area (TPSA) is 129 Å². The first-order valence-corrected chi connectivity index (χ1v) is 15.7. The zero-order valence-corrected chi connectivity index (χ0v) is 25.3. The van der Waals surface area contributed by atoms with Gasteiger partial charge in [0.05, 0.1) is 24.1 Å². The summed E-state index contributed by atoms with van der Waals surface area (Å²) in [4.78, 5) is 78.0. The number of carbonyl (C=O) groups excluding carboxylic acids is 5. The highest BCUT2D eigenvalue weighted by atomic mass is 16.2. The van der Waals surface area contributed by atoms with Gasteiger partial charge in [-0.15, -0.1) is 0 Å². The van der Waals surface area contributed by atoms with Gasteiger partial charge in [-0.05, 0) is 62.6 Å². The fourth-order valence-electron chi connectivity index (χ4n) is 7.53. The van der Waals surface area contributed by atoms with Gasteiger partial charge in [-0.1, -0.05) is 48.9 Å². The highest BCUT2D eigenvalue weighted by Crippen LogP contribution is 2.55. The highest BCUT2D eigenvalue weighted by molar-refractivity contribution is 6.12. The number of urea groups is 1. The maximum atomic E-state index is 14.8. The van der Waals surface area contributed by atoms with Crippen LogP contribution in [0.15, 0.2) is 65.9 Å². The molecular weight excluding hydrogens is 558 g/mol. The number of likely N-dealkylation sites (tertiary alicyclic amines) is 1. The van der Waals surface area contributed by atoms with Crippen LogP contribution in [0.1, 0.15) is 57.2 Å². The quantitative estimate of drug-likeness (QED) is 0.427. The van der Waals surface area contributed by atoms with Crippen molar-refractivity contribution in [1.82, 2.24) is 25.4 Å². The van der Waals surface area contributed by atoms with Gasteiger partial charge in [0.1, 0.15) is 5.54 Å². The van der Waals surface area contributed by atoms with Gasteiger partial charge in [-0.25, -0.2) is 9.69 Å². The van der Waals surface area contributed by atoms with E-state index in [2.05, 4.69) is 15.6 Å². The second-order valence-corrected chi connectivity index (χ2v) is 12.3. The molecule has 2 aromatic rings. The Balaban J connectivity index is 1.54. The fourth-order valence-corrected chi connectivity index (χ4v) is 7.53. The summed E-state index contributed by atoms with van der Waals surface area (Å²) in [6.07, 6.45) is 4.78. The number of imide groups is 2. The van der Waals surface area contributed by atoms with Crippen LogP contribution in [-0.4, -0.2) is 63.1 Å². The zero-order chi connectivity index (χ0) is 31.0. The lowest BCUT2D eigenvalue weighted by atomic mass is 9.57. The Kier molecular flexibility index (Phi) is 8.09. The highest BCUT2D eigenvalue weighted by Gasteiger charge is 2.67. The molecule has 1 saturated heterocycles. The van der Waals surface area contributed by atoms with Gasteiger partial charge < -0.3 is 10.6 Å². The van der Waals surface area contributed by atoms with Gasteiger partial charge in [0.15, 0.2) is 0 Å². The minimum absolute atomic E-state index is 0.00899. The zero-order valence-electron chi connectivity index (χ0n) is 25.3. The monoisotopic (exact) mass is 597 g/mol. The Morgan fingerprint density at radius 2 is 1.70 bits per heavy atom. The molecule has 6 rings (SSSR count). The number of hydrogen-bond donors (Lipinski definition) is 2. The maximum Gasteiger partial charge on any atom is 0.325 e. The molecule has 6 amide bonds. The lowest BCUT2D eigenvalue weighted by molar-refractivity contribution is -0.151. The largest absolute Gasteiger partial charge is 0.354 e. The summed E-state index contributed by atoms with van der Waals surface area (Å²) in [5.74, 6) is -3.56. The Morgan fingerprint density at radius 1 is 0.955 bits per heavy atom. The second-order valence-electron chi connectivity index (χ2n) is 12.3. The average molecular weight is 598 g/mol. The fraction of sp³-hybridized carbons (Fsp3) is 0.471. The SMILES string of the molecule is CCC1=C2CC[C@H]3C(=O)N(CC)C(=O)[C@H]3[C@H]2[C@@](Cc2ccccc2)(C(=O)NCC2CC2)N(C(=O)NCc2ccccn2)C1=O. The average Bonchev–Trinajstić information content (AvgIpc) is 3.84. The summed E-state index contributed by atoms with van der Waals surface area (Å²) < 4.78 is 0. The van der Waals surface area contributed by atoms with E-state index >= 15 is 0 Å². The molecule has 0 bridgehead atoms. The number of fused-ring (bicyclic) bond motifs is 3. The van der Waals surface area contributed by atoms with E-state index in [0.717, 1.165) is 28.9 Å². The molecule has 3 heterocycles. The van der Waals surface area contributed by atoms with Crippen molar-refractivity contribution in [3.05, 3.63) is 77.1 Å². The number of benzene rings is 1. The van der Waals surface area contributed by atoms with E-state index in [0.29, 0.717) is 43.0 Å². The lowest BCUT2D eigenvalue weighted by Gasteiger charge is -2.54. The number of pyridine rings is 1. The van der Waals surface area contributed by atoms with E-state index in [4.69, 9.17) is 0 Å². The number of rotatable bonds is 9. The van der Waals surface area contributed by atoms with Gasteiger partial charge in [-0.2, -0.15) is 0 Å². The molecule has 2 saturated carbocycles. The Hall–Kier alpha value is -4.34. The number of nitrogens with zero attached hydrogens (tertiary/aromatic N) is 3. The molecule has 0 radical (unpaired) electrons. The van der Waals surface area contributed by atoms with Crippen LogP contribution in [0.4, 0.5) is 4.79 Å². The van der Waals surface area contributed by atoms with Crippen LogP contribution in [0.3, 0.4) is 0 Å². The lowest BCUT2D eigenvalue weighted by Crippen LogP contribution is -2.73. The van der Waals surface area contributed by atoms with Crippen molar-refractivity contribution in [3.8, 4) is 0 Å². The molecule has 4 aliphatic rings. The molecule has 1 aromatic heterocycles. The van der Waals surface area contributed by atoms with Crippen molar-refractivity contribution in [2.24, 2.45) is 23.7 Å². The first kappa shape index (κ1) is 29.7. The molecule has 0 unspecified atom stereocenters. The minimum atomic E-state index is -1.78. The molecular formula is C34H39N5O5. The van der Waals surface area contributed by atoms with Gasteiger partial charge in [0.2, 0.25) is 17.7 Å². The van der Waals surface area contributed by atoms with Crippen LogP contribution in [0.5, 0.6) is 0 Å². The van der Waals surface area contributed by atoms with Gasteiger partial charge in [0.25, 0.3) is 5.91 Å². The van der Waals surface area contributed by atoms with E-state index in [9.17, 15) is 24.0 Å². The third-order valence-electron chi connectivity index (χ3n) is 9.77. The van der Waals surface area contributed by atoms with Crippen molar-refractivity contribution < 1.29 is 24.0 Å². The number of aromatic nitrogens is 1. The van der Waals surface area contributed by atoms with Gasteiger partial charge >= 0.3 is 6.03 Å².